The molecule has 0 radical (unpaired) electrons. The fraction of sp³-hybridized carbons (Fsp3) is 0.357. The van der Waals surface area contributed by atoms with Gasteiger partial charge in [-0.05, 0) is 12.5 Å². The molecule has 2 rings (SSSR count). The SMILES string of the molecule is COc1cccc(CN)c1OCCCn1ccnc1. The van der Waals surface area contributed by atoms with Crippen molar-refractivity contribution >= 4 is 0 Å². The van der Waals surface area contributed by atoms with Crippen molar-refractivity contribution in [3.8, 4) is 11.5 Å². The molecular weight excluding hydrogens is 242 g/mol. The summed E-state index contributed by atoms with van der Waals surface area (Å²) < 4.78 is 13.1. The summed E-state index contributed by atoms with van der Waals surface area (Å²) >= 11 is 0. The summed E-state index contributed by atoms with van der Waals surface area (Å²) in [6, 6.07) is 5.75. The Bertz CT molecular complexity index is 475. The van der Waals surface area contributed by atoms with Gasteiger partial charge in [0.2, 0.25) is 0 Å². The molecule has 2 N–H and O–H groups in total. The standard InChI is InChI=1S/C14H19N3O2/c1-18-13-5-2-4-12(10-15)14(13)19-9-3-7-17-8-6-16-11-17/h2,4-6,8,11H,3,7,9-10,15H2,1H3. The van der Waals surface area contributed by atoms with Gasteiger partial charge < -0.3 is 19.8 Å². The lowest BCUT2D eigenvalue weighted by molar-refractivity contribution is 0.280. The molecule has 0 fully saturated rings. The first-order valence-corrected chi connectivity index (χ1v) is 6.29. The van der Waals surface area contributed by atoms with E-state index in [1.807, 2.05) is 29.0 Å². The number of nitrogens with zero attached hydrogens (tertiary/aromatic N) is 2. The number of hydrogen-bond acceptors (Lipinski definition) is 4. The van der Waals surface area contributed by atoms with Crippen LogP contribution in [0.4, 0.5) is 0 Å². The van der Waals surface area contributed by atoms with Gasteiger partial charge in [0.15, 0.2) is 11.5 Å². The van der Waals surface area contributed by atoms with Crippen molar-refractivity contribution in [2.75, 3.05) is 13.7 Å². The van der Waals surface area contributed by atoms with E-state index >= 15 is 0 Å². The van der Waals surface area contributed by atoms with Crippen LogP contribution in [0.3, 0.4) is 0 Å². The number of para-hydroxylation sites is 1. The first kappa shape index (κ1) is 13.4. The molecular formula is C14H19N3O2. The predicted molar refractivity (Wildman–Crippen MR) is 73.2 cm³/mol. The van der Waals surface area contributed by atoms with Crippen LogP contribution < -0.4 is 15.2 Å². The lowest BCUT2D eigenvalue weighted by atomic mass is 10.2. The lowest BCUT2D eigenvalue weighted by Gasteiger charge is -2.14. The van der Waals surface area contributed by atoms with Gasteiger partial charge in [-0.1, -0.05) is 12.1 Å². The van der Waals surface area contributed by atoms with E-state index in [4.69, 9.17) is 15.2 Å². The maximum atomic E-state index is 5.81. The molecule has 19 heavy (non-hydrogen) atoms. The molecule has 2 aromatic rings. The van der Waals surface area contributed by atoms with Gasteiger partial charge in [0.25, 0.3) is 0 Å². The van der Waals surface area contributed by atoms with Gasteiger partial charge in [0.1, 0.15) is 0 Å². The molecule has 0 atom stereocenters. The number of aromatic nitrogens is 2. The molecule has 0 spiro atoms. The molecule has 0 saturated carbocycles. The average Bonchev–Trinajstić information content (AvgIpc) is 2.96. The third kappa shape index (κ3) is 3.48. The van der Waals surface area contributed by atoms with Gasteiger partial charge in [0.05, 0.1) is 20.0 Å². The normalized spacial score (nSPS) is 10.4. The molecule has 0 aliphatic rings. The van der Waals surface area contributed by atoms with Crippen LogP contribution in [0, 0.1) is 0 Å². The quantitative estimate of drug-likeness (QED) is 0.772. The van der Waals surface area contributed by atoms with Gasteiger partial charge in [-0.3, -0.25) is 0 Å². The third-order valence-corrected chi connectivity index (χ3v) is 2.87. The molecule has 0 unspecified atom stereocenters. The van der Waals surface area contributed by atoms with Gasteiger partial charge in [0, 0.05) is 31.0 Å². The number of methoxy groups -OCH3 is 1. The molecule has 1 aromatic heterocycles. The van der Waals surface area contributed by atoms with E-state index in [0.717, 1.165) is 30.0 Å². The average molecular weight is 261 g/mol. The zero-order chi connectivity index (χ0) is 13.5. The maximum absolute atomic E-state index is 5.81. The Balaban J connectivity index is 1.91. The second-order valence-electron chi connectivity index (χ2n) is 4.16. The summed E-state index contributed by atoms with van der Waals surface area (Å²) in [6.45, 7) is 1.94. The Morgan fingerprint density at radius 2 is 2.26 bits per heavy atom. The second-order valence-corrected chi connectivity index (χ2v) is 4.16. The number of rotatable bonds is 7. The Labute approximate surface area is 113 Å². The lowest BCUT2D eigenvalue weighted by Crippen LogP contribution is -2.07. The molecule has 1 heterocycles. The van der Waals surface area contributed by atoms with Crippen LogP contribution in [0.25, 0.3) is 0 Å². The Morgan fingerprint density at radius 3 is 2.95 bits per heavy atom. The van der Waals surface area contributed by atoms with Gasteiger partial charge in [-0.2, -0.15) is 0 Å². The van der Waals surface area contributed by atoms with Crippen molar-refractivity contribution in [1.82, 2.24) is 9.55 Å². The Morgan fingerprint density at radius 1 is 1.37 bits per heavy atom. The Kier molecular flexibility index (Phi) is 4.80. The minimum absolute atomic E-state index is 0.439. The minimum atomic E-state index is 0.439. The smallest absolute Gasteiger partial charge is 0.165 e. The van der Waals surface area contributed by atoms with Crippen LogP contribution in [0.5, 0.6) is 11.5 Å². The van der Waals surface area contributed by atoms with E-state index in [1.165, 1.54) is 0 Å². The highest BCUT2D eigenvalue weighted by atomic mass is 16.5. The zero-order valence-corrected chi connectivity index (χ0v) is 11.1. The van der Waals surface area contributed by atoms with Gasteiger partial charge in [-0.25, -0.2) is 4.98 Å². The highest BCUT2D eigenvalue weighted by molar-refractivity contribution is 5.46. The first-order valence-electron chi connectivity index (χ1n) is 6.29. The zero-order valence-electron chi connectivity index (χ0n) is 11.1. The third-order valence-electron chi connectivity index (χ3n) is 2.87. The van der Waals surface area contributed by atoms with Crippen LogP contribution in [-0.4, -0.2) is 23.3 Å². The number of ether oxygens (including phenoxy) is 2. The second kappa shape index (κ2) is 6.80. The van der Waals surface area contributed by atoms with Crippen molar-refractivity contribution in [2.45, 2.75) is 19.5 Å². The number of imidazole rings is 1. The highest BCUT2D eigenvalue weighted by Crippen LogP contribution is 2.30. The fourth-order valence-electron chi connectivity index (χ4n) is 1.89. The molecule has 0 aliphatic carbocycles. The molecule has 5 nitrogen and oxygen atoms in total. The van der Waals surface area contributed by atoms with Crippen LogP contribution in [0.15, 0.2) is 36.9 Å². The summed E-state index contributed by atoms with van der Waals surface area (Å²) in [5.74, 6) is 1.48. The predicted octanol–water partition coefficient (Wildman–Crippen LogP) is 1.82. The van der Waals surface area contributed by atoms with E-state index in [2.05, 4.69) is 4.98 Å². The summed E-state index contributed by atoms with van der Waals surface area (Å²) in [4.78, 5) is 4.00. The molecule has 0 amide bonds. The van der Waals surface area contributed by atoms with Crippen molar-refractivity contribution in [3.05, 3.63) is 42.5 Å². The largest absolute Gasteiger partial charge is 0.493 e. The monoisotopic (exact) mass is 261 g/mol. The maximum Gasteiger partial charge on any atom is 0.165 e. The van der Waals surface area contributed by atoms with Crippen molar-refractivity contribution in [3.63, 3.8) is 0 Å². The van der Waals surface area contributed by atoms with Gasteiger partial charge >= 0.3 is 0 Å². The number of benzene rings is 1. The van der Waals surface area contributed by atoms with Crippen LogP contribution in [-0.2, 0) is 13.1 Å². The van der Waals surface area contributed by atoms with Crippen LogP contribution in [0.1, 0.15) is 12.0 Å². The summed E-state index contributed by atoms with van der Waals surface area (Å²) in [5, 5.41) is 0. The van der Waals surface area contributed by atoms with Gasteiger partial charge in [-0.15, -0.1) is 0 Å². The first-order chi connectivity index (χ1) is 9.35. The molecule has 0 aliphatic heterocycles. The molecule has 1 aromatic carbocycles. The van der Waals surface area contributed by atoms with Crippen LogP contribution in [0.2, 0.25) is 0 Å². The summed E-state index contributed by atoms with van der Waals surface area (Å²) in [6.07, 6.45) is 6.41. The topological polar surface area (TPSA) is 62.3 Å². The van der Waals surface area contributed by atoms with Crippen molar-refractivity contribution < 1.29 is 9.47 Å². The van der Waals surface area contributed by atoms with E-state index in [-0.39, 0.29) is 0 Å². The molecule has 0 saturated heterocycles. The van der Waals surface area contributed by atoms with Crippen molar-refractivity contribution in [2.24, 2.45) is 5.73 Å². The fourth-order valence-corrected chi connectivity index (χ4v) is 1.89. The molecule has 0 bridgehead atoms. The van der Waals surface area contributed by atoms with Crippen LogP contribution >= 0.6 is 0 Å². The summed E-state index contributed by atoms with van der Waals surface area (Å²) in [7, 11) is 1.63. The van der Waals surface area contributed by atoms with E-state index in [9.17, 15) is 0 Å². The highest BCUT2D eigenvalue weighted by Gasteiger charge is 2.08. The number of nitrogens with two attached hydrogens (primary N) is 1. The minimum Gasteiger partial charge on any atom is -0.493 e. The van der Waals surface area contributed by atoms with Crippen molar-refractivity contribution in [1.29, 1.82) is 0 Å². The molecule has 102 valence electrons. The number of hydrogen-bond donors (Lipinski definition) is 1. The van der Waals surface area contributed by atoms with E-state index < -0.39 is 0 Å². The van der Waals surface area contributed by atoms with E-state index in [0.29, 0.717) is 13.2 Å². The molecule has 5 heteroatoms. The Hall–Kier alpha value is -2.01. The van der Waals surface area contributed by atoms with E-state index in [1.54, 1.807) is 19.6 Å². The summed E-state index contributed by atoms with van der Waals surface area (Å²) in [5.41, 5.74) is 6.67. The number of aryl methyl sites for hydroxylation is 1.